The molecule has 8 heteroatoms. The van der Waals surface area contributed by atoms with Crippen LogP contribution in [0.5, 0.6) is 11.5 Å². The van der Waals surface area contributed by atoms with E-state index < -0.39 is 17.5 Å². The summed E-state index contributed by atoms with van der Waals surface area (Å²) < 4.78 is 10.6. The minimum Gasteiger partial charge on any atom is -0.454 e. The number of hydrogen-bond acceptors (Lipinski definition) is 5. The molecule has 1 fully saturated rings. The van der Waals surface area contributed by atoms with Gasteiger partial charge in [0.1, 0.15) is 12.1 Å². The Hall–Kier alpha value is -2.77. The van der Waals surface area contributed by atoms with E-state index >= 15 is 0 Å². The summed E-state index contributed by atoms with van der Waals surface area (Å²) in [4.78, 5) is 38.0. The van der Waals surface area contributed by atoms with Gasteiger partial charge in [0.2, 0.25) is 12.7 Å². The van der Waals surface area contributed by atoms with E-state index in [9.17, 15) is 14.4 Å². The van der Waals surface area contributed by atoms with Crippen LogP contribution in [0, 0.1) is 0 Å². The fourth-order valence-corrected chi connectivity index (χ4v) is 2.81. The number of benzene rings is 1. The Morgan fingerprint density at radius 1 is 1.36 bits per heavy atom. The van der Waals surface area contributed by atoms with Crippen LogP contribution in [0.3, 0.4) is 0 Å². The lowest BCUT2D eigenvalue weighted by Crippen LogP contribution is -2.44. The molecule has 2 aliphatic rings. The first-order valence-corrected chi connectivity index (χ1v) is 8.18. The zero-order chi connectivity index (χ0) is 18.2. The number of ether oxygens (including phenoxy) is 2. The van der Waals surface area contributed by atoms with E-state index in [0.29, 0.717) is 17.1 Å². The van der Waals surface area contributed by atoms with Gasteiger partial charge in [0.05, 0.1) is 0 Å². The predicted octanol–water partition coefficient (Wildman–Crippen LogP) is 1.10. The van der Waals surface area contributed by atoms with Crippen molar-refractivity contribution in [2.24, 2.45) is 0 Å². The van der Waals surface area contributed by atoms with Gasteiger partial charge >= 0.3 is 6.03 Å². The van der Waals surface area contributed by atoms with Crippen LogP contribution in [0.25, 0.3) is 0 Å². The molecule has 25 heavy (non-hydrogen) atoms. The molecule has 0 aliphatic carbocycles. The van der Waals surface area contributed by atoms with Gasteiger partial charge in [0, 0.05) is 6.04 Å². The molecule has 1 aromatic rings. The van der Waals surface area contributed by atoms with Crippen molar-refractivity contribution in [3.8, 4) is 11.5 Å². The number of hydrogen-bond donors (Lipinski definition) is 2. The Labute approximate surface area is 145 Å². The number of carbonyl (C=O) groups is 3. The summed E-state index contributed by atoms with van der Waals surface area (Å²) in [6.45, 7) is 5.22. The average molecular weight is 347 g/mol. The van der Waals surface area contributed by atoms with Crippen LogP contribution in [-0.2, 0) is 15.1 Å². The van der Waals surface area contributed by atoms with Crippen LogP contribution in [0.15, 0.2) is 18.2 Å². The third kappa shape index (κ3) is 2.99. The Kier molecular flexibility index (Phi) is 4.28. The zero-order valence-electron chi connectivity index (χ0n) is 14.4. The highest BCUT2D eigenvalue weighted by Gasteiger charge is 2.49. The monoisotopic (exact) mass is 347 g/mol. The molecular formula is C17H21N3O5. The van der Waals surface area contributed by atoms with E-state index in [0.717, 1.165) is 11.3 Å². The molecule has 0 saturated carbocycles. The average Bonchev–Trinajstić information content (AvgIpc) is 3.13. The largest absolute Gasteiger partial charge is 0.454 e. The van der Waals surface area contributed by atoms with Crippen LogP contribution in [-0.4, -0.2) is 42.1 Å². The molecule has 0 spiro atoms. The Balaban J connectivity index is 1.79. The normalized spacial score (nSPS) is 22.8. The van der Waals surface area contributed by atoms with E-state index in [4.69, 9.17) is 9.47 Å². The lowest BCUT2D eigenvalue weighted by Gasteiger charge is -2.22. The van der Waals surface area contributed by atoms with Crippen molar-refractivity contribution in [3.63, 3.8) is 0 Å². The summed E-state index contributed by atoms with van der Waals surface area (Å²) in [7, 11) is 0. The summed E-state index contributed by atoms with van der Waals surface area (Å²) in [5.41, 5.74) is -0.686. The minimum atomic E-state index is -1.26. The van der Waals surface area contributed by atoms with Crippen molar-refractivity contribution >= 4 is 17.8 Å². The Bertz CT molecular complexity index is 735. The maximum atomic E-state index is 12.8. The van der Waals surface area contributed by atoms with Gasteiger partial charge in [-0.05, 0) is 38.0 Å². The first kappa shape index (κ1) is 17.1. The second-order valence-corrected chi connectivity index (χ2v) is 6.39. The Morgan fingerprint density at radius 3 is 2.80 bits per heavy atom. The van der Waals surface area contributed by atoms with Gasteiger partial charge in [-0.1, -0.05) is 13.0 Å². The van der Waals surface area contributed by atoms with Crippen LogP contribution in [0.2, 0.25) is 0 Å². The number of rotatable bonds is 5. The van der Waals surface area contributed by atoms with Gasteiger partial charge in [-0.25, -0.2) is 4.79 Å². The molecule has 1 saturated heterocycles. The predicted molar refractivity (Wildman–Crippen MR) is 88.1 cm³/mol. The third-order valence-corrected chi connectivity index (χ3v) is 4.55. The molecule has 0 unspecified atom stereocenters. The highest BCUT2D eigenvalue weighted by molar-refractivity contribution is 6.09. The van der Waals surface area contributed by atoms with Crippen molar-refractivity contribution in [2.75, 3.05) is 13.3 Å². The van der Waals surface area contributed by atoms with Crippen molar-refractivity contribution in [3.05, 3.63) is 23.8 Å². The van der Waals surface area contributed by atoms with Gasteiger partial charge in [0.25, 0.3) is 5.91 Å². The summed E-state index contributed by atoms with van der Waals surface area (Å²) in [5.74, 6) is 0.270. The zero-order valence-corrected chi connectivity index (χ0v) is 14.4. The standard InChI is InChI=1S/C17H21N3O5/c1-4-10(2)18-14(21)8-20-15(22)17(3,19-16(20)23)11-5-6-12-13(7-11)25-9-24-12/h5-7,10H,4,8-9H2,1-3H3,(H,18,21)(H,19,23)/t10-,17+/m0/s1. The third-order valence-electron chi connectivity index (χ3n) is 4.55. The number of urea groups is 1. The fourth-order valence-electron chi connectivity index (χ4n) is 2.81. The van der Waals surface area contributed by atoms with Crippen LogP contribution >= 0.6 is 0 Å². The molecule has 0 aromatic heterocycles. The van der Waals surface area contributed by atoms with Crippen LogP contribution < -0.4 is 20.1 Å². The lowest BCUT2D eigenvalue weighted by atomic mass is 9.91. The SMILES string of the molecule is CC[C@H](C)NC(=O)CN1C(=O)N[C@](C)(c2ccc3c(c2)OCO3)C1=O. The van der Waals surface area contributed by atoms with Crippen molar-refractivity contribution in [1.82, 2.24) is 15.5 Å². The molecule has 8 nitrogen and oxygen atoms in total. The second-order valence-electron chi connectivity index (χ2n) is 6.39. The molecule has 2 aliphatic heterocycles. The van der Waals surface area contributed by atoms with E-state index in [2.05, 4.69) is 10.6 Å². The lowest BCUT2D eigenvalue weighted by molar-refractivity contribution is -0.135. The molecular weight excluding hydrogens is 326 g/mol. The first-order chi connectivity index (χ1) is 11.8. The van der Waals surface area contributed by atoms with Gasteiger partial charge in [-0.15, -0.1) is 0 Å². The number of nitrogens with one attached hydrogen (secondary N) is 2. The van der Waals surface area contributed by atoms with Crippen molar-refractivity contribution in [1.29, 1.82) is 0 Å². The molecule has 0 bridgehead atoms. The number of fused-ring (bicyclic) bond motifs is 1. The van der Waals surface area contributed by atoms with Crippen LogP contribution in [0.4, 0.5) is 4.79 Å². The van der Waals surface area contributed by atoms with E-state index in [1.54, 1.807) is 25.1 Å². The number of amides is 4. The molecule has 2 N–H and O–H groups in total. The molecule has 1 aromatic carbocycles. The van der Waals surface area contributed by atoms with Crippen molar-refractivity contribution < 1.29 is 23.9 Å². The summed E-state index contributed by atoms with van der Waals surface area (Å²) in [6.07, 6.45) is 0.765. The number of imide groups is 1. The quantitative estimate of drug-likeness (QED) is 0.778. The summed E-state index contributed by atoms with van der Waals surface area (Å²) >= 11 is 0. The minimum absolute atomic E-state index is 0.0199. The first-order valence-electron chi connectivity index (χ1n) is 8.18. The number of carbonyl (C=O) groups excluding carboxylic acids is 3. The summed E-state index contributed by atoms with van der Waals surface area (Å²) in [6, 6.07) is 4.45. The van der Waals surface area contributed by atoms with Crippen molar-refractivity contribution in [2.45, 2.75) is 38.8 Å². The smallest absolute Gasteiger partial charge is 0.325 e. The fraction of sp³-hybridized carbons (Fsp3) is 0.471. The second kappa shape index (κ2) is 6.27. The molecule has 2 heterocycles. The maximum Gasteiger partial charge on any atom is 0.325 e. The highest BCUT2D eigenvalue weighted by Crippen LogP contribution is 2.37. The topological polar surface area (TPSA) is 97.0 Å². The molecule has 3 rings (SSSR count). The van der Waals surface area contributed by atoms with Gasteiger partial charge < -0.3 is 20.1 Å². The molecule has 0 radical (unpaired) electrons. The summed E-state index contributed by atoms with van der Waals surface area (Å²) in [5, 5.41) is 5.42. The van der Waals surface area contributed by atoms with Gasteiger partial charge in [-0.3, -0.25) is 14.5 Å². The van der Waals surface area contributed by atoms with Gasteiger partial charge in [-0.2, -0.15) is 0 Å². The van der Waals surface area contributed by atoms with E-state index in [1.807, 2.05) is 13.8 Å². The Morgan fingerprint density at radius 2 is 2.08 bits per heavy atom. The van der Waals surface area contributed by atoms with E-state index in [1.165, 1.54) is 0 Å². The van der Waals surface area contributed by atoms with E-state index in [-0.39, 0.29) is 25.3 Å². The maximum absolute atomic E-state index is 12.8. The van der Waals surface area contributed by atoms with Crippen LogP contribution in [0.1, 0.15) is 32.8 Å². The number of nitrogens with zero attached hydrogens (tertiary/aromatic N) is 1. The van der Waals surface area contributed by atoms with Gasteiger partial charge in [0.15, 0.2) is 11.5 Å². The highest BCUT2D eigenvalue weighted by atomic mass is 16.7. The molecule has 134 valence electrons. The molecule has 4 amide bonds. The molecule has 2 atom stereocenters.